The highest BCUT2D eigenvalue weighted by Gasteiger charge is 2.12. The quantitative estimate of drug-likeness (QED) is 0.747. The maximum absolute atomic E-state index is 4.39. The van der Waals surface area contributed by atoms with E-state index >= 15 is 0 Å². The van der Waals surface area contributed by atoms with E-state index in [0.29, 0.717) is 17.9 Å². The first-order valence-electron chi connectivity index (χ1n) is 7.64. The molecule has 0 radical (unpaired) electrons. The van der Waals surface area contributed by atoms with Gasteiger partial charge in [-0.25, -0.2) is 9.67 Å². The van der Waals surface area contributed by atoms with Crippen LogP contribution in [-0.4, -0.2) is 27.4 Å². The van der Waals surface area contributed by atoms with Gasteiger partial charge in [0, 0.05) is 19.0 Å². The van der Waals surface area contributed by atoms with Crippen LogP contribution in [0.1, 0.15) is 53.3 Å². The van der Waals surface area contributed by atoms with Gasteiger partial charge < -0.3 is 5.32 Å². The molecule has 19 heavy (non-hydrogen) atoms. The summed E-state index contributed by atoms with van der Waals surface area (Å²) in [6.45, 7) is 13.2. The SMILES string of the molecule is CCNC(CCCc1ncnn1CC(C)C)C(C)C. The van der Waals surface area contributed by atoms with Gasteiger partial charge in [0.1, 0.15) is 12.2 Å². The van der Waals surface area contributed by atoms with Gasteiger partial charge in [-0.3, -0.25) is 0 Å². The Hall–Kier alpha value is -0.900. The molecule has 1 atom stereocenters. The summed E-state index contributed by atoms with van der Waals surface area (Å²) in [7, 11) is 0. The normalized spacial score (nSPS) is 13.4. The Balaban J connectivity index is 2.41. The van der Waals surface area contributed by atoms with Gasteiger partial charge in [-0.05, 0) is 31.2 Å². The summed E-state index contributed by atoms with van der Waals surface area (Å²) < 4.78 is 2.06. The summed E-state index contributed by atoms with van der Waals surface area (Å²) in [5.41, 5.74) is 0. The Kier molecular flexibility index (Phi) is 7.06. The molecule has 4 nitrogen and oxygen atoms in total. The fourth-order valence-electron chi connectivity index (χ4n) is 2.39. The van der Waals surface area contributed by atoms with Crippen LogP contribution in [0.5, 0.6) is 0 Å². The summed E-state index contributed by atoms with van der Waals surface area (Å²) >= 11 is 0. The highest BCUT2D eigenvalue weighted by Crippen LogP contribution is 2.11. The summed E-state index contributed by atoms with van der Waals surface area (Å²) in [4.78, 5) is 4.39. The van der Waals surface area contributed by atoms with Gasteiger partial charge in [-0.15, -0.1) is 0 Å². The van der Waals surface area contributed by atoms with Crippen molar-refractivity contribution < 1.29 is 0 Å². The molecule has 0 bridgehead atoms. The van der Waals surface area contributed by atoms with Crippen molar-refractivity contribution in [3.63, 3.8) is 0 Å². The van der Waals surface area contributed by atoms with Crippen LogP contribution in [0.4, 0.5) is 0 Å². The largest absolute Gasteiger partial charge is 0.314 e. The molecule has 0 amide bonds. The molecule has 0 fully saturated rings. The number of hydrogen-bond acceptors (Lipinski definition) is 3. The van der Waals surface area contributed by atoms with Crippen LogP contribution in [-0.2, 0) is 13.0 Å². The second-order valence-electron chi connectivity index (χ2n) is 6.05. The molecule has 0 saturated heterocycles. The molecule has 0 aromatic carbocycles. The average molecular weight is 266 g/mol. The molecule has 0 aliphatic heterocycles. The van der Waals surface area contributed by atoms with E-state index in [2.05, 4.69) is 54.7 Å². The summed E-state index contributed by atoms with van der Waals surface area (Å²) in [5, 5.41) is 7.88. The van der Waals surface area contributed by atoms with E-state index in [0.717, 1.165) is 25.3 Å². The van der Waals surface area contributed by atoms with Gasteiger partial charge >= 0.3 is 0 Å². The van der Waals surface area contributed by atoms with Gasteiger partial charge in [-0.2, -0.15) is 5.10 Å². The van der Waals surface area contributed by atoms with Crippen LogP contribution < -0.4 is 5.32 Å². The molecular formula is C15H30N4. The van der Waals surface area contributed by atoms with E-state index in [1.807, 2.05) is 0 Å². The minimum Gasteiger partial charge on any atom is -0.314 e. The lowest BCUT2D eigenvalue weighted by atomic mass is 9.98. The zero-order valence-electron chi connectivity index (χ0n) is 13.2. The highest BCUT2D eigenvalue weighted by atomic mass is 15.3. The van der Waals surface area contributed by atoms with Crippen LogP contribution in [0.25, 0.3) is 0 Å². The van der Waals surface area contributed by atoms with E-state index in [9.17, 15) is 0 Å². The van der Waals surface area contributed by atoms with E-state index in [1.165, 1.54) is 12.8 Å². The van der Waals surface area contributed by atoms with Crippen LogP contribution in [0.3, 0.4) is 0 Å². The van der Waals surface area contributed by atoms with Gasteiger partial charge in [-0.1, -0.05) is 34.6 Å². The molecule has 0 saturated carbocycles. The van der Waals surface area contributed by atoms with Crippen LogP contribution in [0, 0.1) is 11.8 Å². The summed E-state index contributed by atoms with van der Waals surface area (Å²) in [6.07, 6.45) is 5.09. The summed E-state index contributed by atoms with van der Waals surface area (Å²) in [5.74, 6) is 2.44. The van der Waals surface area contributed by atoms with Crippen molar-refractivity contribution in [3.05, 3.63) is 12.2 Å². The monoisotopic (exact) mass is 266 g/mol. The van der Waals surface area contributed by atoms with Gasteiger partial charge in [0.2, 0.25) is 0 Å². The van der Waals surface area contributed by atoms with Crippen LogP contribution >= 0.6 is 0 Å². The minimum atomic E-state index is 0.616. The molecule has 4 heteroatoms. The number of aromatic nitrogens is 3. The van der Waals surface area contributed by atoms with Crippen molar-refractivity contribution in [2.24, 2.45) is 11.8 Å². The zero-order valence-corrected chi connectivity index (χ0v) is 13.2. The van der Waals surface area contributed by atoms with Gasteiger partial charge in [0.05, 0.1) is 0 Å². The number of nitrogens with one attached hydrogen (secondary N) is 1. The number of aryl methyl sites for hydroxylation is 1. The Morgan fingerprint density at radius 1 is 1.26 bits per heavy atom. The molecule has 1 heterocycles. The van der Waals surface area contributed by atoms with E-state index in [4.69, 9.17) is 0 Å². The minimum absolute atomic E-state index is 0.616. The topological polar surface area (TPSA) is 42.7 Å². The first-order chi connectivity index (χ1) is 9.04. The molecule has 0 aliphatic carbocycles. The fraction of sp³-hybridized carbons (Fsp3) is 0.867. The third-order valence-electron chi connectivity index (χ3n) is 3.42. The number of nitrogens with zero attached hydrogens (tertiary/aromatic N) is 3. The third kappa shape index (κ3) is 5.72. The molecule has 110 valence electrons. The number of hydrogen-bond donors (Lipinski definition) is 1. The van der Waals surface area contributed by atoms with Crippen molar-refractivity contribution in [3.8, 4) is 0 Å². The Morgan fingerprint density at radius 2 is 2.00 bits per heavy atom. The zero-order chi connectivity index (χ0) is 14.3. The predicted molar refractivity (Wildman–Crippen MR) is 80.1 cm³/mol. The first kappa shape index (κ1) is 16.2. The van der Waals surface area contributed by atoms with E-state index in [-0.39, 0.29) is 0 Å². The van der Waals surface area contributed by atoms with Gasteiger partial charge in [0.25, 0.3) is 0 Å². The first-order valence-corrected chi connectivity index (χ1v) is 7.64. The Bertz CT molecular complexity index is 344. The third-order valence-corrected chi connectivity index (χ3v) is 3.42. The lowest BCUT2D eigenvalue weighted by Gasteiger charge is -2.21. The van der Waals surface area contributed by atoms with Crippen LogP contribution in [0.2, 0.25) is 0 Å². The van der Waals surface area contributed by atoms with Crippen molar-refractivity contribution in [1.82, 2.24) is 20.1 Å². The van der Waals surface area contributed by atoms with Crippen molar-refractivity contribution >= 4 is 0 Å². The molecule has 1 N–H and O–H groups in total. The predicted octanol–water partition coefficient (Wildman–Crippen LogP) is 2.89. The maximum Gasteiger partial charge on any atom is 0.138 e. The van der Waals surface area contributed by atoms with Crippen LogP contribution in [0.15, 0.2) is 6.33 Å². The summed E-state index contributed by atoms with van der Waals surface area (Å²) in [6, 6.07) is 0.617. The lowest BCUT2D eigenvalue weighted by Crippen LogP contribution is -2.33. The van der Waals surface area contributed by atoms with Gasteiger partial charge in [0.15, 0.2) is 0 Å². The fourth-order valence-corrected chi connectivity index (χ4v) is 2.39. The molecule has 0 aliphatic rings. The smallest absolute Gasteiger partial charge is 0.138 e. The Labute approximate surface area is 118 Å². The molecule has 1 rings (SSSR count). The van der Waals surface area contributed by atoms with E-state index in [1.54, 1.807) is 6.33 Å². The molecule has 0 spiro atoms. The second kappa shape index (κ2) is 8.31. The van der Waals surface area contributed by atoms with Crippen molar-refractivity contribution in [1.29, 1.82) is 0 Å². The molecular weight excluding hydrogens is 236 g/mol. The van der Waals surface area contributed by atoms with Crippen molar-refractivity contribution in [2.45, 2.75) is 66.5 Å². The Morgan fingerprint density at radius 3 is 2.58 bits per heavy atom. The second-order valence-corrected chi connectivity index (χ2v) is 6.05. The maximum atomic E-state index is 4.39. The van der Waals surface area contributed by atoms with Crippen molar-refractivity contribution in [2.75, 3.05) is 6.54 Å². The molecule has 1 aromatic heterocycles. The number of rotatable bonds is 9. The standard InChI is InChI=1S/C15H30N4/c1-6-16-14(13(4)5)8-7-9-15-17-11-18-19(15)10-12(2)3/h11-14,16H,6-10H2,1-5H3. The average Bonchev–Trinajstić information content (AvgIpc) is 2.74. The molecule has 1 aromatic rings. The molecule has 1 unspecified atom stereocenters. The highest BCUT2D eigenvalue weighted by molar-refractivity contribution is 4.85. The lowest BCUT2D eigenvalue weighted by molar-refractivity contribution is 0.373. The van der Waals surface area contributed by atoms with E-state index < -0.39 is 0 Å².